The van der Waals surface area contributed by atoms with E-state index in [0.717, 1.165) is 55.1 Å². The van der Waals surface area contributed by atoms with Crippen LogP contribution in [0.15, 0.2) is 207 Å². The topological polar surface area (TPSA) is 309 Å². The average molecular weight is 1190 g/mol. The second kappa shape index (κ2) is 33.6. The monoisotopic (exact) mass is 1190 g/mol. The molecule has 1 aliphatic rings. The number of imidazole rings is 1. The first-order chi connectivity index (χ1) is 42.8. The van der Waals surface area contributed by atoms with Crippen LogP contribution in [0.2, 0.25) is 0 Å². The minimum absolute atomic E-state index is 0.0195. The molecule has 0 atom stereocenters. The molecule has 21 nitrogen and oxygen atoms in total. The molecule has 0 unspecified atom stereocenters. The SMILES string of the molecule is CC(=O)C1=Nc2ccccc2C1.CC(=O)c1ccc2n[nH]nc2c1.CC(=O)c1ccc2nc[nH]c2c1.CC(=O)c1cccnc1.CC(=O)c1ccncc1.CC(=O)c1cnc2ccccc2c1.CC(=O)c1cnccn1.CC(=O)c1cnnc2ccccc12. The minimum atomic E-state index is -0.0527. The molecule has 13 rings (SSSR count). The first-order valence-electron chi connectivity index (χ1n) is 27.4. The number of H-pyrrole nitrogens is 2. The zero-order valence-electron chi connectivity index (χ0n) is 49.9. The summed E-state index contributed by atoms with van der Waals surface area (Å²) in [7, 11) is 0. The van der Waals surface area contributed by atoms with Gasteiger partial charge in [0.25, 0.3) is 0 Å². The lowest BCUT2D eigenvalue weighted by molar-refractivity contribution is -0.111. The minimum Gasteiger partial charge on any atom is -0.345 e. The molecule has 0 bridgehead atoms. The molecule has 0 fully saturated rings. The number of nitrogens with one attached hydrogen (secondary N) is 2. The lowest BCUT2D eigenvalue weighted by Gasteiger charge is -1.99. The molecule has 8 heterocycles. The van der Waals surface area contributed by atoms with Crippen molar-refractivity contribution in [2.75, 3.05) is 0 Å². The first kappa shape index (κ1) is 66.3. The number of hydrogen-bond donors (Lipinski definition) is 2. The van der Waals surface area contributed by atoms with Gasteiger partial charge in [-0.15, -0.1) is 0 Å². The normalized spacial score (nSPS) is 10.4. The van der Waals surface area contributed by atoms with Gasteiger partial charge < -0.3 is 4.98 Å². The number of aromatic nitrogens is 12. The first-order valence-corrected chi connectivity index (χ1v) is 27.4. The van der Waals surface area contributed by atoms with Gasteiger partial charge in [0.1, 0.15) is 16.7 Å². The smallest absolute Gasteiger partial charge is 0.179 e. The number of para-hydroxylation sites is 2. The van der Waals surface area contributed by atoms with E-state index in [9.17, 15) is 38.4 Å². The highest BCUT2D eigenvalue weighted by atomic mass is 16.2. The third-order valence-electron chi connectivity index (χ3n) is 12.6. The van der Waals surface area contributed by atoms with E-state index < -0.39 is 0 Å². The summed E-state index contributed by atoms with van der Waals surface area (Å²) in [6, 6.07) is 42.5. The number of carbonyl (C=O) groups is 8. The zero-order valence-corrected chi connectivity index (χ0v) is 49.9. The van der Waals surface area contributed by atoms with Gasteiger partial charge in [0, 0.05) is 108 Å². The van der Waals surface area contributed by atoms with Crippen molar-refractivity contribution in [3.05, 3.63) is 246 Å². The second-order valence-electron chi connectivity index (χ2n) is 19.2. The zero-order chi connectivity index (χ0) is 64.2. The standard InChI is InChI=1S/C11H9NO.C10H8N2O.C10H9NO.C9H8N2O.C8H7N3O.2C7H7NO.C6H6N2O/c1-8(13)10-6-9-4-2-3-5-11(9)12-7-10;1-7(13)9-6-11-12-10-5-3-2-4-8(9)10;1-7(12)10-6-8-4-2-3-5-9(8)11-10;1-6(12)7-2-3-8-9(4-7)11-5-10-8;1-5(12)6-2-3-7-8(4-6)10-11-9-7;1-6(9)7-2-4-8-5-3-7;1-6(9)7-3-2-4-8-5-7;1-5(9)6-4-7-2-3-8-6/h2-7H,1H3;2-6H,1H3;2-5H,6H2,1H3;2-5H,1H3,(H,10,11);2-4H,1H3,(H,9,10,11);2*2-5H,1H3;2-4H,1H3. The molecule has 2 N–H and O–H groups in total. The summed E-state index contributed by atoms with van der Waals surface area (Å²) in [5.74, 6) is 0.352. The summed E-state index contributed by atoms with van der Waals surface area (Å²) >= 11 is 0. The third-order valence-corrected chi connectivity index (χ3v) is 12.6. The number of hydrogen-bond acceptors (Lipinski definition) is 19. The number of aromatic amines is 2. The lowest BCUT2D eigenvalue weighted by atomic mass is 10.1. The number of rotatable bonds is 8. The molecule has 0 spiro atoms. The highest BCUT2D eigenvalue weighted by Crippen LogP contribution is 2.26. The number of Topliss-reactive ketones (excluding diaryl/α,β-unsaturated/α-hetero) is 8. The quantitative estimate of drug-likeness (QED) is 0.134. The van der Waals surface area contributed by atoms with Crippen molar-refractivity contribution >= 4 is 102 Å². The molecule has 0 amide bonds. The lowest BCUT2D eigenvalue weighted by Crippen LogP contribution is -2.08. The molecular formula is C68H61N13O8. The summed E-state index contributed by atoms with van der Waals surface area (Å²) < 4.78 is 0. The molecule has 5 aromatic carbocycles. The van der Waals surface area contributed by atoms with Crippen LogP contribution in [0.25, 0.3) is 43.9 Å². The molecule has 0 aliphatic carbocycles. The van der Waals surface area contributed by atoms with Crippen molar-refractivity contribution in [1.82, 2.24) is 60.5 Å². The van der Waals surface area contributed by atoms with Crippen LogP contribution in [0.1, 0.15) is 134 Å². The Morgan fingerprint density at radius 3 is 1.63 bits per heavy atom. The van der Waals surface area contributed by atoms with Crippen LogP contribution < -0.4 is 0 Å². The molecular weight excluding hydrogens is 1130 g/mol. The Morgan fingerprint density at radius 2 is 1.03 bits per heavy atom. The maximum Gasteiger partial charge on any atom is 0.179 e. The van der Waals surface area contributed by atoms with Crippen LogP contribution in [0, 0.1) is 0 Å². The fourth-order valence-corrected chi connectivity index (χ4v) is 7.74. The summed E-state index contributed by atoms with van der Waals surface area (Å²) in [4.78, 5) is 117. The fraction of sp³-hybridized carbons (Fsp3) is 0.132. The van der Waals surface area contributed by atoms with Gasteiger partial charge >= 0.3 is 0 Å². The highest BCUT2D eigenvalue weighted by Gasteiger charge is 2.16. The largest absolute Gasteiger partial charge is 0.345 e. The Balaban J connectivity index is 0.000000163. The molecule has 89 heavy (non-hydrogen) atoms. The number of aliphatic imine (C=N–C) groups is 1. The van der Waals surface area contributed by atoms with Crippen molar-refractivity contribution in [3.8, 4) is 0 Å². The molecule has 1 aliphatic heterocycles. The van der Waals surface area contributed by atoms with E-state index in [-0.39, 0.29) is 46.3 Å². The summed E-state index contributed by atoms with van der Waals surface area (Å²) in [6.07, 6.45) is 16.3. The van der Waals surface area contributed by atoms with Crippen molar-refractivity contribution in [2.24, 2.45) is 4.99 Å². The van der Waals surface area contributed by atoms with E-state index in [0.29, 0.717) is 51.2 Å². The van der Waals surface area contributed by atoms with E-state index in [4.69, 9.17) is 0 Å². The molecule has 0 saturated carbocycles. The van der Waals surface area contributed by atoms with Gasteiger partial charge in [-0.1, -0.05) is 54.6 Å². The van der Waals surface area contributed by atoms with Crippen LogP contribution in [0.5, 0.6) is 0 Å². The van der Waals surface area contributed by atoms with Gasteiger partial charge in [0.2, 0.25) is 0 Å². The number of ketones is 8. The maximum absolute atomic E-state index is 11.2. The maximum atomic E-state index is 11.2. The Labute approximate surface area is 511 Å². The van der Waals surface area contributed by atoms with Gasteiger partial charge in [-0.2, -0.15) is 25.6 Å². The number of nitrogens with zero attached hydrogens (tertiary/aromatic N) is 11. The summed E-state index contributed by atoms with van der Waals surface area (Å²) in [5.41, 5.74) is 12.2. The number of benzene rings is 5. The number of carbonyl (C=O) groups excluding carboxylic acids is 8. The van der Waals surface area contributed by atoms with Gasteiger partial charge in [-0.05, 0) is 132 Å². The third kappa shape index (κ3) is 20.7. The summed E-state index contributed by atoms with van der Waals surface area (Å²) in [6.45, 7) is 12.2. The number of pyridine rings is 3. The van der Waals surface area contributed by atoms with E-state index in [1.165, 1.54) is 59.4 Å². The molecule has 0 saturated heterocycles. The van der Waals surface area contributed by atoms with Crippen LogP contribution in [0.4, 0.5) is 5.69 Å². The second-order valence-corrected chi connectivity index (χ2v) is 19.2. The van der Waals surface area contributed by atoms with Crippen LogP contribution >= 0.6 is 0 Å². The molecule has 446 valence electrons. The molecule has 0 radical (unpaired) electrons. The van der Waals surface area contributed by atoms with Gasteiger partial charge in [0.05, 0.1) is 52.2 Å². The van der Waals surface area contributed by atoms with Crippen LogP contribution in [-0.4, -0.2) is 112 Å². The van der Waals surface area contributed by atoms with Crippen molar-refractivity contribution in [3.63, 3.8) is 0 Å². The van der Waals surface area contributed by atoms with E-state index in [2.05, 4.69) is 65.5 Å². The predicted octanol–water partition coefficient (Wildman–Crippen LogP) is 12.3. The molecule has 21 heteroatoms. The van der Waals surface area contributed by atoms with Crippen molar-refractivity contribution in [1.29, 1.82) is 0 Å². The van der Waals surface area contributed by atoms with E-state index in [1.54, 1.807) is 107 Å². The van der Waals surface area contributed by atoms with Crippen molar-refractivity contribution in [2.45, 2.75) is 61.8 Å². The van der Waals surface area contributed by atoms with Crippen LogP contribution in [-0.2, 0) is 11.2 Å². The Morgan fingerprint density at radius 1 is 0.404 bits per heavy atom. The van der Waals surface area contributed by atoms with E-state index in [1.807, 2.05) is 91.0 Å². The van der Waals surface area contributed by atoms with E-state index >= 15 is 0 Å². The van der Waals surface area contributed by atoms with Crippen molar-refractivity contribution < 1.29 is 38.4 Å². The highest BCUT2D eigenvalue weighted by molar-refractivity contribution is 6.41. The van der Waals surface area contributed by atoms with Gasteiger partial charge in [0.15, 0.2) is 46.3 Å². The average Bonchev–Trinajstić information content (AvgIpc) is 3.57. The number of fused-ring (bicyclic) bond motifs is 5. The molecule has 12 aromatic rings. The fourth-order valence-electron chi connectivity index (χ4n) is 7.74. The van der Waals surface area contributed by atoms with Gasteiger partial charge in [-0.25, -0.2) is 15.0 Å². The van der Waals surface area contributed by atoms with Crippen LogP contribution in [0.3, 0.4) is 0 Å². The Kier molecular flexibility index (Phi) is 25.0. The van der Waals surface area contributed by atoms with Gasteiger partial charge in [-0.3, -0.25) is 58.3 Å². The molecule has 7 aromatic heterocycles. The predicted molar refractivity (Wildman–Crippen MR) is 340 cm³/mol. The summed E-state index contributed by atoms with van der Waals surface area (Å²) in [5, 5.41) is 19.8. The Hall–Kier alpha value is -11.9. The Bertz CT molecular complexity index is 4240.